The van der Waals surface area contributed by atoms with Crippen molar-refractivity contribution in [2.45, 2.75) is 39.3 Å². The summed E-state index contributed by atoms with van der Waals surface area (Å²) in [7, 11) is 0. The first kappa shape index (κ1) is 13.2. The highest BCUT2D eigenvalue weighted by molar-refractivity contribution is 14.1. The van der Waals surface area contributed by atoms with E-state index in [1.54, 1.807) is 0 Å². The molecule has 0 aliphatic heterocycles. The second-order valence-electron chi connectivity index (χ2n) is 4.40. The molecule has 3 nitrogen and oxygen atoms in total. The van der Waals surface area contributed by atoms with E-state index < -0.39 is 6.04 Å². The molecule has 1 amide bonds. The van der Waals surface area contributed by atoms with Crippen LogP contribution in [0, 0.1) is 5.92 Å². The predicted octanol–water partition coefficient (Wildman–Crippen LogP) is 1.30. The maximum absolute atomic E-state index is 11.5. The summed E-state index contributed by atoms with van der Waals surface area (Å²) < 4.78 is 0.899. The third-order valence-electron chi connectivity index (χ3n) is 1.66. The number of amides is 1. The minimum atomic E-state index is -0.392. The van der Waals surface area contributed by atoms with Gasteiger partial charge < -0.3 is 11.1 Å². The lowest BCUT2D eigenvalue weighted by molar-refractivity contribution is -0.124. The monoisotopic (exact) mass is 298 g/mol. The molecule has 78 valence electrons. The summed E-state index contributed by atoms with van der Waals surface area (Å²) in [6.45, 7) is 7.84. The Kier molecular flexibility index (Phi) is 5.21. The largest absolute Gasteiger partial charge is 0.350 e. The predicted molar refractivity (Wildman–Crippen MR) is 63.9 cm³/mol. The summed E-state index contributed by atoms with van der Waals surface area (Å²) in [6, 6.07) is -0.392. The number of halogens is 1. The van der Waals surface area contributed by atoms with Gasteiger partial charge in [-0.25, -0.2) is 0 Å². The Balaban J connectivity index is 4.12. The molecular formula is C9H19IN2O. The first-order valence-corrected chi connectivity index (χ1v) is 5.94. The molecule has 0 bridgehead atoms. The quantitative estimate of drug-likeness (QED) is 0.609. The third kappa shape index (κ3) is 5.46. The molecule has 0 aliphatic carbocycles. The van der Waals surface area contributed by atoms with Crippen molar-refractivity contribution in [3.05, 3.63) is 0 Å². The number of hydrogen-bond donors (Lipinski definition) is 2. The van der Waals surface area contributed by atoms with Crippen molar-refractivity contribution < 1.29 is 4.79 Å². The molecule has 0 aromatic heterocycles. The molecule has 4 heteroatoms. The van der Waals surface area contributed by atoms with Crippen LogP contribution in [0.5, 0.6) is 0 Å². The van der Waals surface area contributed by atoms with Crippen LogP contribution in [0.3, 0.4) is 0 Å². The van der Waals surface area contributed by atoms with Gasteiger partial charge in [0.05, 0.1) is 6.04 Å². The number of nitrogens with one attached hydrogen (secondary N) is 1. The maximum atomic E-state index is 11.5. The summed E-state index contributed by atoms with van der Waals surface area (Å²) in [5.41, 5.74) is 5.57. The van der Waals surface area contributed by atoms with Gasteiger partial charge in [-0.05, 0) is 26.7 Å². The van der Waals surface area contributed by atoms with Gasteiger partial charge in [0.2, 0.25) is 5.91 Å². The third-order valence-corrected chi connectivity index (χ3v) is 3.05. The van der Waals surface area contributed by atoms with Gasteiger partial charge in [0.15, 0.2) is 0 Å². The topological polar surface area (TPSA) is 55.1 Å². The van der Waals surface area contributed by atoms with Crippen LogP contribution in [0.15, 0.2) is 0 Å². The van der Waals surface area contributed by atoms with Crippen LogP contribution >= 0.6 is 22.6 Å². The Morgan fingerprint density at radius 2 is 2.00 bits per heavy atom. The van der Waals surface area contributed by atoms with E-state index in [-0.39, 0.29) is 17.4 Å². The van der Waals surface area contributed by atoms with Crippen molar-refractivity contribution in [3.8, 4) is 0 Å². The van der Waals surface area contributed by atoms with E-state index >= 15 is 0 Å². The summed E-state index contributed by atoms with van der Waals surface area (Å²) in [4.78, 5) is 11.5. The number of hydrogen-bond acceptors (Lipinski definition) is 2. The molecule has 0 aliphatic rings. The lowest BCUT2D eigenvalue weighted by Crippen LogP contribution is -2.51. The number of rotatable bonds is 3. The van der Waals surface area contributed by atoms with E-state index in [2.05, 4.69) is 27.9 Å². The second-order valence-corrected chi connectivity index (χ2v) is 5.28. The van der Waals surface area contributed by atoms with Gasteiger partial charge in [0, 0.05) is 9.97 Å². The standard InChI is InChI=1S/C9H19IN2O/c1-6(5-10)7(11)8(13)12-9(2,3)4/h6-7H,5,11H2,1-4H3,(H,12,13)/t6?,7-/m1/s1. The molecular weight excluding hydrogens is 279 g/mol. The number of alkyl halides is 1. The van der Waals surface area contributed by atoms with E-state index in [0.29, 0.717) is 0 Å². The fourth-order valence-corrected chi connectivity index (χ4v) is 1.36. The SMILES string of the molecule is CC(CI)[C@@H](N)C(=O)NC(C)(C)C. The molecule has 0 fully saturated rings. The van der Waals surface area contributed by atoms with E-state index in [0.717, 1.165) is 4.43 Å². The van der Waals surface area contributed by atoms with Crippen LogP contribution < -0.4 is 11.1 Å². The minimum Gasteiger partial charge on any atom is -0.350 e. The molecule has 0 rings (SSSR count). The van der Waals surface area contributed by atoms with Crippen LogP contribution in [-0.4, -0.2) is 21.9 Å². The van der Waals surface area contributed by atoms with Crippen LogP contribution in [0.25, 0.3) is 0 Å². The highest BCUT2D eigenvalue weighted by Crippen LogP contribution is 2.07. The van der Waals surface area contributed by atoms with Crippen LogP contribution in [0.4, 0.5) is 0 Å². The Labute approximate surface area is 94.0 Å². The van der Waals surface area contributed by atoms with E-state index in [4.69, 9.17) is 5.73 Å². The Hall–Kier alpha value is 0.160. The van der Waals surface area contributed by atoms with Crippen molar-refractivity contribution >= 4 is 28.5 Å². The number of carbonyl (C=O) groups excluding carboxylic acids is 1. The second kappa shape index (κ2) is 5.14. The van der Waals surface area contributed by atoms with E-state index in [1.807, 2.05) is 27.7 Å². The zero-order valence-corrected chi connectivity index (χ0v) is 10.9. The van der Waals surface area contributed by atoms with Crippen molar-refractivity contribution in [3.63, 3.8) is 0 Å². The summed E-state index contributed by atoms with van der Waals surface area (Å²) in [6.07, 6.45) is 0. The van der Waals surface area contributed by atoms with Gasteiger partial charge in [-0.3, -0.25) is 4.79 Å². The van der Waals surface area contributed by atoms with Crippen LogP contribution in [-0.2, 0) is 4.79 Å². The highest BCUT2D eigenvalue weighted by Gasteiger charge is 2.23. The molecule has 0 spiro atoms. The molecule has 0 saturated heterocycles. The lowest BCUT2D eigenvalue weighted by Gasteiger charge is -2.25. The molecule has 0 heterocycles. The minimum absolute atomic E-state index is 0.0586. The molecule has 0 radical (unpaired) electrons. The van der Waals surface area contributed by atoms with Gasteiger partial charge in [-0.15, -0.1) is 0 Å². The van der Waals surface area contributed by atoms with Gasteiger partial charge in [-0.1, -0.05) is 29.5 Å². The molecule has 2 atom stereocenters. The number of carbonyl (C=O) groups is 1. The average molecular weight is 298 g/mol. The fraction of sp³-hybridized carbons (Fsp3) is 0.889. The van der Waals surface area contributed by atoms with Gasteiger partial charge >= 0.3 is 0 Å². The van der Waals surface area contributed by atoms with Gasteiger partial charge in [-0.2, -0.15) is 0 Å². The summed E-state index contributed by atoms with van der Waals surface area (Å²) in [5.74, 6) is 0.166. The summed E-state index contributed by atoms with van der Waals surface area (Å²) in [5, 5.41) is 2.87. The van der Waals surface area contributed by atoms with Crippen LogP contribution in [0.1, 0.15) is 27.7 Å². The molecule has 3 N–H and O–H groups in total. The van der Waals surface area contributed by atoms with Crippen molar-refractivity contribution in [1.82, 2.24) is 5.32 Å². The van der Waals surface area contributed by atoms with Crippen molar-refractivity contribution in [1.29, 1.82) is 0 Å². The zero-order valence-electron chi connectivity index (χ0n) is 8.73. The van der Waals surface area contributed by atoms with Gasteiger partial charge in [0.1, 0.15) is 0 Å². The molecule has 0 aromatic carbocycles. The average Bonchev–Trinajstić information content (AvgIpc) is 1.98. The maximum Gasteiger partial charge on any atom is 0.237 e. The van der Waals surface area contributed by atoms with Crippen molar-refractivity contribution in [2.75, 3.05) is 4.43 Å². The van der Waals surface area contributed by atoms with Crippen molar-refractivity contribution in [2.24, 2.45) is 11.7 Å². The Morgan fingerprint density at radius 1 is 1.54 bits per heavy atom. The van der Waals surface area contributed by atoms with Gasteiger partial charge in [0.25, 0.3) is 0 Å². The number of nitrogens with two attached hydrogens (primary N) is 1. The van der Waals surface area contributed by atoms with E-state index in [9.17, 15) is 4.79 Å². The molecule has 1 unspecified atom stereocenters. The normalized spacial score (nSPS) is 16.5. The van der Waals surface area contributed by atoms with E-state index in [1.165, 1.54) is 0 Å². The zero-order chi connectivity index (χ0) is 10.6. The molecule has 13 heavy (non-hydrogen) atoms. The first-order valence-electron chi connectivity index (χ1n) is 4.41. The fourth-order valence-electron chi connectivity index (χ4n) is 0.807. The molecule has 0 aromatic rings. The Morgan fingerprint density at radius 3 is 2.31 bits per heavy atom. The highest BCUT2D eigenvalue weighted by atomic mass is 127. The molecule has 0 saturated carbocycles. The smallest absolute Gasteiger partial charge is 0.237 e. The summed E-state index contributed by atoms with van der Waals surface area (Å²) >= 11 is 2.24. The van der Waals surface area contributed by atoms with Crippen LogP contribution in [0.2, 0.25) is 0 Å². The first-order chi connectivity index (χ1) is 5.78. The Bertz CT molecular complexity index is 177. The lowest BCUT2D eigenvalue weighted by atomic mass is 10.0.